The Labute approximate surface area is 107 Å². The summed E-state index contributed by atoms with van der Waals surface area (Å²) in [6.07, 6.45) is 3.47. The molecule has 2 atom stereocenters. The molecule has 1 amide bonds. The Hall–Kier alpha value is -1.09. The number of halogens is 1. The molecule has 1 aromatic rings. The van der Waals surface area contributed by atoms with Crippen LogP contribution < -0.4 is 5.32 Å². The maximum Gasteiger partial charge on any atom is 0.251 e. The van der Waals surface area contributed by atoms with Gasteiger partial charge in [-0.2, -0.15) is 0 Å². The van der Waals surface area contributed by atoms with Gasteiger partial charge in [0.15, 0.2) is 0 Å². The molecule has 1 N–H and O–H groups in total. The fourth-order valence-corrected chi connectivity index (χ4v) is 2.62. The van der Waals surface area contributed by atoms with Gasteiger partial charge in [0.1, 0.15) is 5.15 Å². The summed E-state index contributed by atoms with van der Waals surface area (Å²) in [5, 5.41) is 3.44. The van der Waals surface area contributed by atoms with E-state index in [1.165, 1.54) is 12.8 Å². The molecule has 4 heteroatoms. The number of nitrogens with one attached hydrogen (secondary N) is 1. The van der Waals surface area contributed by atoms with Crippen molar-refractivity contribution in [1.82, 2.24) is 10.3 Å². The molecular formula is C13H17ClN2O. The molecule has 17 heavy (non-hydrogen) atoms. The average molecular weight is 253 g/mol. The largest absolute Gasteiger partial charge is 0.349 e. The quantitative estimate of drug-likeness (QED) is 0.823. The third-order valence-electron chi connectivity index (χ3n) is 3.36. The van der Waals surface area contributed by atoms with E-state index in [0.29, 0.717) is 22.7 Å². The van der Waals surface area contributed by atoms with Crippen molar-refractivity contribution in [3.8, 4) is 0 Å². The fourth-order valence-electron chi connectivity index (χ4n) is 2.37. The predicted octanol–water partition coefficient (Wildman–Crippen LogP) is 2.96. The van der Waals surface area contributed by atoms with E-state index in [-0.39, 0.29) is 5.91 Å². The predicted molar refractivity (Wildman–Crippen MR) is 68.3 cm³/mol. The first-order valence-corrected chi connectivity index (χ1v) is 6.39. The number of hydrogen-bond acceptors (Lipinski definition) is 2. The highest BCUT2D eigenvalue weighted by atomic mass is 35.5. The molecule has 92 valence electrons. The molecule has 0 aliphatic heterocycles. The number of pyridine rings is 1. The molecule has 2 unspecified atom stereocenters. The lowest BCUT2D eigenvalue weighted by atomic mass is 10.1. The number of aryl methyl sites for hydroxylation is 1. The SMILES string of the molecule is Cc1cc(C(=O)NC2CCCC2C)cc(Cl)n1. The number of rotatable bonds is 2. The van der Waals surface area contributed by atoms with E-state index in [2.05, 4.69) is 17.2 Å². The Morgan fingerprint density at radius 2 is 2.24 bits per heavy atom. The fraction of sp³-hybridized carbons (Fsp3) is 0.538. The first kappa shape index (κ1) is 12.4. The van der Waals surface area contributed by atoms with Crippen molar-refractivity contribution in [2.75, 3.05) is 0 Å². The lowest BCUT2D eigenvalue weighted by Crippen LogP contribution is -2.36. The molecule has 0 radical (unpaired) electrons. The van der Waals surface area contributed by atoms with Crippen molar-refractivity contribution >= 4 is 17.5 Å². The second-order valence-corrected chi connectivity index (χ2v) is 5.20. The maximum absolute atomic E-state index is 12.1. The highest BCUT2D eigenvalue weighted by molar-refractivity contribution is 6.29. The zero-order chi connectivity index (χ0) is 12.4. The summed E-state index contributed by atoms with van der Waals surface area (Å²) in [6.45, 7) is 4.02. The van der Waals surface area contributed by atoms with Gasteiger partial charge in [0.2, 0.25) is 0 Å². The standard InChI is InChI=1S/C13H17ClN2O/c1-8-4-3-5-11(8)16-13(17)10-6-9(2)15-12(14)7-10/h6-8,11H,3-5H2,1-2H3,(H,16,17). The Bertz CT molecular complexity index is 413. The van der Waals surface area contributed by atoms with Crippen LogP contribution in [0.5, 0.6) is 0 Å². The highest BCUT2D eigenvalue weighted by Crippen LogP contribution is 2.25. The first-order chi connectivity index (χ1) is 8.06. The Kier molecular flexibility index (Phi) is 3.67. The summed E-state index contributed by atoms with van der Waals surface area (Å²) >= 11 is 5.85. The summed E-state index contributed by atoms with van der Waals surface area (Å²) in [7, 11) is 0. The third-order valence-corrected chi connectivity index (χ3v) is 3.56. The van der Waals surface area contributed by atoms with Crippen molar-refractivity contribution in [3.05, 3.63) is 28.5 Å². The van der Waals surface area contributed by atoms with E-state index >= 15 is 0 Å². The van der Waals surface area contributed by atoms with Gasteiger partial charge in [-0.3, -0.25) is 4.79 Å². The summed E-state index contributed by atoms with van der Waals surface area (Å²) in [5.41, 5.74) is 1.36. The van der Waals surface area contributed by atoms with Gasteiger partial charge in [-0.05, 0) is 37.8 Å². The van der Waals surface area contributed by atoms with Gasteiger partial charge in [0, 0.05) is 17.3 Å². The smallest absolute Gasteiger partial charge is 0.251 e. The minimum atomic E-state index is -0.0452. The van der Waals surface area contributed by atoms with Crippen molar-refractivity contribution in [1.29, 1.82) is 0 Å². The van der Waals surface area contributed by atoms with Gasteiger partial charge in [0.25, 0.3) is 5.91 Å². The number of aromatic nitrogens is 1. The van der Waals surface area contributed by atoms with Crippen LogP contribution in [-0.2, 0) is 0 Å². The topological polar surface area (TPSA) is 42.0 Å². The van der Waals surface area contributed by atoms with E-state index < -0.39 is 0 Å². The molecule has 2 rings (SSSR count). The number of nitrogens with zero attached hydrogens (tertiary/aromatic N) is 1. The van der Waals surface area contributed by atoms with Crippen molar-refractivity contribution < 1.29 is 4.79 Å². The van der Waals surface area contributed by atoms with Gasteiger partial charge >= 0.3 is 0 Å². The van der Waals surface area contributed by atoms with Crippen LogP contribution in [0, 0.1) is 12.8 Å². The second kappa shape index (κ2) is 5.05. The zero-order valence-electron chi connectivity index (χ0n) is 10.2. The van der Waals surface area contributed by atoms with E-state index in [1.54, 1.807) is 12.1 Å². The number of hydrogen-bond donors (Lipinski definition) is 1. The summed E-state index contributed by atoms with van der Waals surface area (Å²) in [6, 6.07) is 3.68. The molecule has 0 saturated heterocycles. The zero-order valence-corrected chi connectivity index (χ0v) is 10.9. The van der Waals surface area contributed by atoms with Gasteiger partial charge in [-0.15, -0.1) is 0 Å². The van der Waals surface area contributed by atoms with Crippen LogP contribution >= 0.6 is 11.6 Å². The van der Waals surface area contributed by atoms with Crippen LogP contribution in [0.25, 0.3) is 0 Å². The van der Waals surface area contributed by atoms with Crippen LogP contribution in [0.3, 0.4) is 0 Å². The van der Waals surface area contributed by atoms with Gasteiger partial charge < -0.3 is 5.32 Å². The van der Waals surface area contributed by atoms with Gasteiger partial charge in [-0.1, -0.05) is 24.9 Å². The summed E-state index contributed by atoms with van der Waals surface area (Å²) < 4.78 is 0. The van der Waals surface area contributed by atoms with E-state index in [9.17, 15) is 4.79 Å². The minimum absolute atomic E-state index is 0.0452. The van der Waals surface area contributed by atoms with Crippen LogP contribution in [0.2, 0.25) is 5.15 Å². The van der Waals surface area contributed by atoms with E-state index in [4.69, 9.17) is 11.6 Å². The monoisotopic (exact) mass is 252 g/mol. The van der Waals surface area contributed by atoms with Crippen molar-refractivity contribution in [2.45, 2.75) is 39.2 Å². The molecule has 1 saturated carbocycles. The van der Waals surface area contributed by atoms with Crippen LogP contribution in [-0.4, -0.2) is 16.9 Å². The maximum atomic E-state index is 12.1. The molecular weight excluding hydrogens is 236 g/mol. The van der Waals surface area contributed by atoms with E-state index in [0.717, 1.165) is 12.1 Å². The normalized spacial score (nSPS) is 23.7. The molecule has 1 heterocycles. The molecule has 0 spiro atoms. The molecule has 0 bridgehead atoms. The molecule has 1 aliphatic carbocycles. The molecule has 1 aliphatic rings. The molecule has 3 nitrogen and oxygen atoms in total. The Morgan fingerprint density at radius 1 is 1.47 bits per heavy atom. The first-order valence-electron chi connectivity index (χ1n) is 6.01. The van der Waals surface area contributed by atoms with Crippen LogP contribution in [0.4, 0.5) is 0 Å². The summed E-state index contributed by atoms with van der Waals surface area (Å²) in [5.74, 6) is 0.522. The molecule has 1 fully saturated rings. The second-order valence-electron chi connectivity index (χ2n) is 4.81. The highest BCUT2D eigenvalue weighted by Gasteiger charge is 2.25. The lowest BCUT2D eigenvalue weighted by Gasteiger charge is -2.17. The lowest BCUT2D eigenvalue weighted by molar-refractivity contribution is 0.0929. The molecule has 1 aromatic heterocycles. The average Bonchev–Trinajstić information content (AvgIpc) is 2.63. The van der Waals surface area contributed by atoms with Gasteiger partial charge in [-0.25, -0.2) is 4.98 Å². The van der Waals surface area contributed by atoms with Gasteiger partial charge in [0.05, 0.1) is 0 Å². The van der Waals surface area contributed by atoms with Crippen LogP contribution in [0.1, 0.15) is 42.2 Å². The number of carbonyl (C=O) groups is 1. The minimum Gasteiger partial charge on any atom is -0.349 e. The van der Waals surface area contributed by atoms with Crippen molar-refractivity contribution in [3.63, 3.8) is 0 Å². The Morgan fingerprint density at radius 3 is 2.82 bits per heavy atom. The van der Waals surface area contributed by atoms with Crippen molar-refractivity contribution in [2.24, 2.45) is 5.92 Å². The molecule has 0 aromatic carbocycles. The third kappa shape index (κ3) is 2.97. The van der Waals surface area contributed by atoms with E-state index in [1.807, 2.05) is 6.92 Å². The number of amides is 1. The Balaban J connectivity index is 2.09. The summed E-state index contributed by atoms with van der Waals surface area (Å²) in [4.78, 5) is 16.1. The van der Waals surface area contributed by atoms with Crippen LogP contribution in [0.15, 0.2) is 12.1 Å². The number of carbonyl (C=O) groups excluding carboxylic acids is 1.